The molecule has 0 saturated carbocycles. The zero-order valence-electron chi connectivity index (χ0n) is 11.8. The van der Waals surface area contributed by atoms with Crippen molar-refractivity contribution in [1.29, 1.82) is 5.26 Å². The van der Waals surface area contributed by atoms with Crippen LogP contribution in [0, 0.1) is 17.2 Å². The highest BCUT2D eigenvalue weighted by molar-refractivity contribution is 5.93. The molecule has 0 bridgehead atoms. The Morgan fingerprint density at radius 3 is 2.85 bits per heavy atom. The third kappa shape index (κ3) is 5.02. The van der Waals surface area contributed by atoms with Gasteiger partial charge in [-0.15, -0.1) is 0 Å². The average molecular weight is 274 g/mol. The van der Waals surface area contributed by atoms with Crippen LogP contribution in [0.15, 0.2) is 36.0 Å². The minimum absolute atomic E-state index is 0.0963. The molecule has 0 spiro atoms. The first-order valence-electron chi connectivity index (χ1n) is 6.24. The van der Waals surface area contributed by atoms with Crippen LogP contribution >= 0.6 is 0 Å². The van der Waals surface area contributed by atoms with Crippen molar-refractivity contribution < 1.29 is 14.3 Å². The van der Waals surface area contributed by atoms with Crippen molar-refractivity contribution in [2.45, 2.75) is 13.8 Å². The van der Waals surface area contributed by atoms with Gasteiger partial charge in [0.15, 0.2) is 5.57 Å². The predicted molar refractivity (Wildman–Crippen MR) is 76.1 cm³/mol. The van der Waals surface area contributed by atoms with E-state index in [0.29, 0.717) is 12.5 Å². The summed E-state index contributed by atoms with van der Waals surface area (Å²) in [5.41, 5.74) is 0.629. The zero-order valence-corrected chi connectivity index (χ0v) is 11.8. The number of carbonyl (C=O) groups is 1. The summed E-state index contributed by atoms with van der Waals surface area (Å²) in [4.78, 5) is 11.2. The molecule has 0 unspecified atom stereocenters. The monoisotopic (exact) mass is 274 g/mol. The molecule has 0 aliphatic heterocycles. The van der Waals surface area contributed by atoms with Crippen LogP contribution in [0.2, 0.25) is 0 Å². The summed E-state index contributed by atoms with van der Waals surface area (Å²) in [6.07, 6.45) is 1.31. The van der Waals surface area contributed by atoms with Gasteiger partial charge in [-0.05, 0) is 18.1 Å². The number of carbonyl (C=O) groups excluding carboxylic acids is 1. The molecule has 1 N–H and O–H groups in total. The third-order valence-corrected chi connectivity index (χ3v) is 2.33. The Labute approximate surface area is 118 Å². The van der Waals surface area contributed by atoms with Crippen LogP contribution in [0.25, 0.3) is 0 Å². The van der Waals surface area contributed by atoms with Crippen LogP contribution in [0.5, 0.6) is 5.75 Å². The number of ether oxygens (including phenoxy) is 2. The molecule has 1 rings (SSSR count). The molecule has 1 aromatic carbocycles. The summed E-state index contributed by atoms with van der Waals surface area (Å²) >= 11 is 0. The number of nitrogens with zero attached hydrogens (tertiary/aromatic N) is 1. The van der Waals surface area contributed by atoms with E-state index < -0.39 is 5.97 Å². The standard InChI is InChI=1S/C15H18N2O3/c1-11(2)10-20-14-6-4-5-13(7-14)17-9-12(8-16)15(18)19-3/h4-7,9,11,17H,10H2,1-3H3/b12-9+. The topological polar surface area (TPSA) is 71.4 Å². The second-order valence-electron chi connectivity index (χ2n) is 4.54. The molecular weight excluding hydrogens is 256 g/mol. The number of nitriles is 1. The highest BCUT2D eigenvalue weighted by atomic mass is 16.5. The van der Waals surface area contributed by atoms with Crippen molar-refractivity contribution in [3.05, 3.63) is 36.0 Å². The highest BCUT2D eigenvalue weighted by Crippen LogP contribution is 2.18. The first-order chi connectivity index (χ1) is 9.56. The molecule has 0 aromatic heterocycles. The molecule has 0 radical (unpaired) electrons. The van der Waals surface area contributed by atoms with Crippen LogP contribution in [0.4, 0.5) is 5.69 Å². The quantitative estimate of drug-likeness (QED) is 0.490. The van der Waals surface area contributed by atoms with Crippen molar-refractivity contribution in [1.82, 2.24) is 0 Å². The summed E-state index contributed by atoms with van der Waals surface area (Å²) in [5.74, 6) is 0.497. The van der Waals surface area contributed by atoms with Gasteiger partial charge in [-0.1, -0.05) is 19.9 Å². The minimum atomic E-state index is -0.674. The number of nitrogens with one attached hydrogen (secondary N) is 1. The maximum Gasteiger partial charge on any atom is 0.350 e. The summed E-state index contributed by atoms with van der Waals surface area (Å²) in [6.45, 7) is 4.77. The molecule has 5 heteroatoms. The molecular formula is C15H18N2O3. The maximum atomic E-state index is 11.2. The van der Waals surface area contributed by atoms with Crippen LogP contribution in [0.1, 0.15) is 13.8 Å². The number of methoxy groups -OCH3 is 1. The Balaban J connectivity index is 2.73. The SMILES string of the molecule is COC(=O)/C(C#N)=C/Nc1cccc(OCC(C)C)c1. The molecule has 1 aromatic rings. The average Bonchev–Trinajstić information content (AvgIpc) is 2.45. The Bertz CT molecular complexity index is 530. The molecule has 0 aliphatic carbocycles. The number of anilines is 1. The van der Waals surface area contributed by atoms with Gasteiger partial charge in [0, 0.05) is 18.0 Å². The van der Waals surface area contributed by atoms with Gasteiger partial charge in [-0.2, -0.15) is 5.26 Å². The first kappa shape index (κ1) is 15.6. The Hall–Kier alpha value is -2.48. The van der Waals surface area contributed by atoms with E-state index >= 15 is 0 Å². The molecule has 0 saturated heterocycles. The molecule has 106 valence electrons. The molecule has 5 nitrogen and oxygen atoms in total. The fraction of sp³-hybridized carbons (Fsp3) is 0.333. The Morgan fingerprint density at radius 2 is 2.25 bits per heavy atom. The second-order valence-corrected chi connectivity index (χ2v) is 4.54. The Morgan fingerprint density at radius 1 is 1.50 bits per heavy atom. The van der Waals surface area contributed by atoms with Crippen molar-refractivity contribution >= 4 is 11.7 Å². The van der Waals surface area contributed by atoms with E-state index in [4.69, 9.17) is 10.00 Å². The molecule has 0 fully saturated rings. The third-order valence-electron chi connectivity index (χ3n) is 2.33. The smallest absolute Gasteiger partial charge is 0.350 e. The van der Waals surface area contributed by atoms with Crippen LogP contribution in [0.3, 0.4) is 0 Å². The van der Waals surface area contributed by atoms with E-state index in [1.807, 2.05) is 18.2 Å². The van der Waals surface area contributed by atoms with Gasteiger partial charge in [-0.3, -0.25) is 0 Å². The zero-order chi connectivity index (χ0) is 15.0. The highest BCUT2D eigenvalue weighted by Gasteiger charge is 2.07. The number of rotatable bonds is 6. The molecule has 0 amide bonds. The van der Waals surface area contributed by atoms with Gasteiger partial charge >= 0.3 is 5.97 Å². The fourth-order valence-corrected chi connectivity index (χ4v) is 1.34. The lowest BCUT2D eigenvalue weighted by molar-refractivity contribution is -0.135. The van der Waals surface area contributed by atoms with Crippen molar-refractivity contribution in [3.8, 4) is 11.8 Å². The summed E-state index contributed by atoms with van der Waals surface area (Å²) in [6, 6.07) is 9.06. The van der Waals surface area contributed by atoms with Gasteiger partial charge in [0.05, 0.1) is 13.7 Å². The summed E-state index contributed by atoms with van der Waals surface area (Å²) in [5, 5.41) is 11.7. The molecule has 0 atom stereocenters. The van der Waals surface area contributed by atoms with E-state index in [2.05, 4.69) is 23.9 Å². The second kappa shape index (κ2) is 7.85. The van der Waals surface area contributed by atoms with Crippen molar-refractivity contribution in [2.24, 2.45) is 5.92 Å². The number of benzene rings is 1. The van der Waals surface area contributed by atoms with Crippen molar-refractivity contribution in [3.63, 3.8) is 0 Å². The lowest BCUT2D eigenvalue weighted by Gasteiger charge is -2.10. The van der Waals surface area contributed by atoms with Crippen molar-refractivity contribution in [2.75, 3.05) is 19.0 Å². The van der Waals surface area contributed by atoms with Crippen LogP contribution < -0.4 is 10.1 Å². The van der Waals surface area contributed by atoms with Gasteiger partial charge < -0.3 is 14.8 Å². The van der Waals surface area contributed by atoms with E-state index in [0.717, 1.165) is 11.4 Å². The molecule has 0 heterocycles. The van der Waals surface area contributed by atoms with Gasteiger partial charge in [0.25, 0.3) is 0 Å². The number of hydrogen-bond acceptors (Lipinski definition) is 5. The number of esters is 1. The molecule has 0 aliphatic rings. The Kier molecular flexibility index (Phi) is 6.11. The fourth-order valence-electron chi connectivity index (χ4n) is 1.34. The summed E-state index contributed by atoms with van der Waals surface area (Å²) < 4.78 is 10.1. The first-order valence-corrected chi connectivity index (χ1v) is 6.24. The van der Waals surface area contributed by atoms with E-state index in [1.165, 1.54) is 13.3 Å². The molecule has 20 heavy (non-hydrogen) atoms. The van der Waals surface area contributed by atoms with Crippen LogP contribution in [-0.2, 0) is 9.53 Å². The van der Waals surface area contributed by atoms with Gasteiger partial charge in [0.1, 0.15) is 11.8 Å². The van der Waals surface area contributed by atoms with Crippen LogP contribution in [-0.4, -0.2) is 19.7 Å². The lowest BCUT2D eigenvalue weighted by Crippen LogP contribution is -2.06. The summed E-state index contributed by atoms with van der Waals surface area (Å²) in [7, 11) is 1.23. The van der Waals surface area contributed by atoms with Gasteiger partial charge in [0.2, 0.25) is 0 Å². The lowest BCUT2D eigenvalue weighted by atomic mass is 10.2. The normalized spacial score (nSPS) is 10.8. The van der Waals surface area contributed by atoms with E-state index in [1.54, 1.807) is 12.1 Å². The number of hydrogen-bond donors (Lipinski definition) is 1. The van der Waals surface area contributed by atoms with E-state index in [-0.39, 0.29) is 5.57 Å². The predicted octanol–water partition coefficient (Wildman–Crippen LogP) is 2.71. The van der Waals surface area contributed by atoms with Gasteiger partial charge in [-0.25, -0.2) is 4.79 Å². The van der Waals surface area contributed by atoms with E-state index in [9.17, 15) is 4.79 Å². The minimum Gasteiger partial charge on any atom is -0.493 e. The maximum absolute atomic E-state index is 11.2. The largest absolute Gasteiger partial charge is 0.493 e.